The molecule has 0 aromatic heterocycles. The molecule has 0 amide bonds. The Kier molecular flexibility index (Phi) is 9.73. The zero-order valence-electron chi connectivity index (χ0n) is 16.8. The van der Waals surface area contributed by atoms with Gasteiger partial charge in [0.15, 0.2) is 5.96 Å². The maximum Gasteiger partial charge on any atom is 0.193 e. The summed E-state index contributed by atoms with van der Waals surface area (Å²) in [6.45, 7) is 5.62. The molecule has 0 unspecified atom stereocenters. The van der Waals surface area contributed by atoms with Crippen molar-refractivity contribution >= 4 is 35.6 Å². The van der Waals surface area contributed by atoms with Gasteiger partial charge in [0, 0.05) is 46.9 Å². The molecular weight excluding hydrogens is 474 g/mol. The first-order valence-electron chi connectivity index (χ1n) is 9.78. The summed E-state index contributed by atoms with van der Waals surface area (Å²) in [6.07, 6.45) is 2.61. The zero-order valence-corrected chi connectivity index (χ0v) is 19.2. The molecule has 1 aliphatic carbocycles. The third-order valence-corrected chi connectivity index (χ3v) is 5.01. The third kappa shape index (κ3) is 7.04. The fourth-order valence-electron chi connectivity index (χ4n) is 3.13. The highest BCUT2D eigenvalue weighted by Crippen LogP contribution is 2.28. The average Bonchev–Trinajstić information content (AvgIpc) is 3.51. The van der Waals surface area contributed by atoms with Crippen LogP contribution in [-0.4, -0.2) is 71.0 Å². The number of nitrogens with one attached hydrogen (secondary N) is 1. The van der Waals surface area contributed by atoms with Crippen LogP contribution in [0, 0.1) is 11.7 Å². The van der Waals surface area contributed by atoms with E-state index in [-0.39, 0.29) is 29.8 Å². The molecule has 2 fully saturated rings. The number of hydrogen-bond donors (Lipinski definition) is 1. The lowest BCUT2D eigenvalue weighted by Crippen LogP contribution is -2.40. The number of benzene rings is 1. The summed E-state index contributed by atoms with van der Waals surface area (Å²) in [6, 6.07) is 5.42. The molecule has 28 heavy (non-hydrogen) atoms. The van der Waals surface area contributed by atoms with E-state index in [4.69, 9.17) is 9.47 Å². The van der Waals surface area contributed by atoms with Gasteiger partial charge in [-0.15, -0.1) is 24.0 Å². The van der Waals surface area contributed by atoms with Crippen molar-refractivity contribution in [3.63, 3.8) is 0 Å². The van der Waals surface area contributed by atoms with E-state index in [9.17, 15) is 4.39 Å². The molecule has 0 spiro atoms. The highest BCUT2D eigenvalue weighted by molar-refractivity contribution is 14.0. The molecule has 0 atom stereocenters. The SMILES string of the molecule is CN=C(NCc1ccc(N2CCOCC2)c(F)c1)N(C)CCOCC1CC1.I. The monoisotopic (exact) mass is 506 g/mol. The molecule has 1 heterocycles. The number of likely N-dealkylation sites (N-methyl/N-ethyl adjacent to an activating group) is 1. The van der Waals surface area contributed by atoms with E-state index < -0.39 is 0 Å². The smallest absolute Gasteiger partial charge is 0.193 e. The fraction of sp³-hybridized carbons (Fsp3) is 0.650. The Hall–Kier alpha value is -1.13. The third-order valence-electron chi connectivity index (χ3n) is 5.01. The Morgan fingerprint density at radius 1 is 1.36 bits per heavy atom. The van der Waals surface area contributed by atoms with Crippen molar-refractivity contribution in [1.82, 2.24) is 10.2 Å². The van der Waals surface area contributed by atoms with Gasteiger partial charge in [-0.3, -0.25) is 4.99 Å². The van der Waals surface area contributed by atoms with Gasteiger partial charge in [0.2, 0.25) is 0 Å². The van der Waals surface area contributed by atoms with Crippen LogP contribution in [0.4, 0.5) is 10.1 Å². The van der Waals surface area contributed by atoms with Gasteiger partial charge in [-0.2, -0.15) is 0 Å². The summed E-state index contributed by atoms with van der Waals surface area (Å²) in [5.41, 5.74) is 1.54. The number of guanidine groups is 1. The largest absolute Gasteiger partial charge is 0.379 e. The van der Waals surface area contributed by atoms with Gasteiger partial charge in [0.25, 0.3) is 0 Å². The molecule has 1 saturated heterocycles. The number of halogens is 2. The van der Waals surface area contributed by atoms with Crippen molar-refractivity contribution in [3.05, 3.63) is 29.6 Å². The molecule has 0 radical (unpaired) electrons. The maximum atomic E-state index is 14.5. The van der Waals surface area contributed by atoms with Gasteiger partial charge in [-0.05, 0) is 36.5 Å². The molecule has 3 rings (SSSR count). The lowest BCUT2D eigenvalue weighted by molar-refractivity contribution is 0.115. The minimum atomic E-state index is -0.187. The molecule has 6 nitrogen and oxygen atoms in total. The normalized spacial score (nSPS) is 17.2. The molecule has 8 heteroatoms. The van der Waals surface area contributed by atoms with Crippen LogP contribution in [0.25, 0.3) is 0 Å². The summed E-state index contributed by atoms with van der Waals surface area (Å²) >= 11 is 0. The van der Waals surface area contributed by atoms with Gasteiger partial charge < -0.3 is 24.6 Å². The molecule has 2 aliphatic rings. The van der Waals surface area contributed by atoms with E-state index in [0.29, 0.717) is 32.1 Å². The van der Waals surface area contributed by atoms with Crippen LogP contribution in [0.1, 0.15) is 18.4 Å². The summed E-state index contributed by atoms with van der Waals surface area (Å²) in [5.74, 6) is 1.37. The van der Waals surface area contributed by atoms with Gasteiger partial charge in [0.1, 0.15) is 5.82 Å². The van der Waals surface area contributed by atoms with Gasteiger partial charge in [-0.1, -0.05) is 6.07 Å². The van der Waals surface area contributed by atoms with E-state index in [1.807, 2.05) is 29.0 Å². The van der Waals surface area contributed by atoms with Crippen molar-refractivity contribution < 1.29 is 13.9 Å². The van der Waals surface area contributed by atoms with E-state index in [1.54, 1.807) is 13.1 Å². The minimum absolute atomic E-state index is 0. The number of ether oxygens (including phenoxy) is 2. The first kappa shape index (κ1) is 23.2. The second kappa shape index (κ2) is 11.8. The topological polar surface area (TPSA) is 49.3 Å². The lowest BCUT2D eigenvalue weighted by Gasteiger charge is -2.29. The van der Waals surface area contributed by atoms with Crippen molar-refractivity contribution in [2.45, 2.75) is 19.4 Å². The van der Waals surface area contributed by atoms with Crippen LogP contribution in [0.5, 0.6) is 0 Å². The van der Waals surface area contributed by atoms with E-state index in [1.165, 1.54) is 12.8 Å². The van der Waals surface area contributed by atoms with Crippen molar-refractivity contribution in [2.24, 2.45) is 10.9 Å². The second-order valence-electron chi connectivity index (χ2n) is 7.23. The van der Waals surface area contributed by atoms with Crippen LogP contribution in [0.3, 0.4) is 0 Å². The van der Waals surface area contributed by atoms with Crippen LogP contribution in [-0.2, 0) is 16.0 Å². The van der Waals surface area contributed by atoms with Crippen LogP contribution in [0.2, 0.25) is 0 Å². The molecule has 1 aliphatic heterocycles. The second-order valence-corrected chi connectivity index (χ2v) is 7.23. The predicted molar refractivity (Wildman–Crippen MR) is 121 cm³/mol. The van der Waals surface area contributed by atoms with Crippen LogP contribution < -0.4 is 10.2 Å². The highest BCUT2D eigenvalue weighted by atomic mass is 127. The summed E-state index contributed by atoms with van der Waals surface area (Å²) in [5, 5.41) is 3.29. The molecule has 1 aromatic carbocycles. The molecule has 158 valence electrons. The van der Waals surface area contributed by atoms with Crippen molar-refractivity contribution in [2.75, 3.05) is 65.1 Å². The Bertz CT molecular complexity index is 637. The average molecular weight is 506 g/mol. The molecule has 1 N–H and O–H groups in total. The summed E-state index contributed by atoms with van der Waals surface area (Å²) < 4.78 is 25.5. The Balaban J connectivity index is 0.00000280. The first-order chi connectivity index (χ1) is 13.2. The predicted octanol–water partition coefficient (Wildman–Crippen LogP) is 2.71. The van der Waals surface area contributed by atoms with Crippen molar-refractivity contribution in [1.29, 1.82) is 0 Å². The van der Waals surface area contributed by atoms with Gasteiger partial charge >= 0.3 is 0 Å². The summed E-state index contributed by atoms with van der Waals surface area (Å²) in [4.78, 5) is 8.37. The minimum Gasteiger partial charge on any atom is -0.379 e. The Morgan fingerprint density at radius 3 is 2.75 bits per heavy atom. The standard InChI is InChI=1S/C20H31FN4O2.HI/c1-22-20(24(2)7-10-27-15-16-3-4-16)23-14-17-5-6-19(18(21)13-17)25-8-11-26-12-9-25;/h5-6,13,16H,3-4,7-12,14-15H2,1-2H3,(H,22,23);1H. The molecular formula is C20H32FIN4O2. The van der Waals surface area contributed by atoms with Crippen molar-refractivity contribution in [3.8, 4) is 0 Å². The fourth-order valence-corrected chi connectivity index (χ4v) is 3.13. The lowest BCUT2D eigenvalue weighted by atomic mass is 10.1. The van der Waals surface area contributed by atoms with E-state index in [2.05, 4.69) is 10.3 Å². The molecule has 1 aromatic rings. The van der Waals surface area contributed by atoms with Crippen LogP contribution >= 0.6 is 24.0 Å². The number of morpholine rings is 1. The van der Waals surface area contributed by atoms with E-state index in [0.717, 1.165) is 43.7 Å². The summed E-state index contributed by atoms with van der Waals surface area (Å²) in [7, 11) is 3.74. The number of anilines is 1. The number of rotatable bonds is 8. The Morgan fingerprint density at radius 2 is 2.11 bits per heavy atom. The highest BCUT2D eigenvalue weighted by Gasteiger charge is 2.21. The molecule has 0 bridgehead atoms. The molecule has 1 saturated carbocycles. The number of aliphatic imine (C=N–C) groups is 1. The van der Waals surface area contributed by atoms with Crippen LogP contribution in [0.15, 0.2) is 23.2 Å². The van der Waals surface area contributed by atoms with Gasteiger partial charge in [0.05, 0.1) is 25.5 Å². The quantitative estimate of drug-likeness (QED) is 0.255. The zero-order chi connectivity index (χ0) is 19.1. The Labute approximate surface area is 184 Å². The number of hydrogen-bond acceptors (Lipinski definition) is 4. The van der Waals surface area contributed by atoms with E-state index >= 15 is 0 Å². The number of nitrogens with zero attached hydrogens (tertiary/aromatic N) is 3. The first-order valence-corrected chi connectivity index (χ1v) is 9.78. The van der Waals surface area contributed by atoms with Gasteiger partial charge in [-0.25, -0.2) is 4.39 Å². The maximum absolute atomic E-state index is 14.5.